The number of hydrogen-bond acceptors (Lipinski definition) is 6. The number of rotatable bonds is 10. The number of nitro benzene ring substituents is 1. The van der Waals surface area contributed by atoms with Crippen LogP contribution in [0, 0.1) is 24.0 Å². The van der Waals surface area contributed by atoms with Crippen LogP contribution in [-0.2, 0) is 0 Å². The highest BCUT2D eigenvalue weighted by atomic mass is 16.6. The van der Waals surface area contributed by atoms with Crippen LogP contribution in [0.25, 0.3) is 0 Å². The normalized spacial score (nSPS) is 10.8. The molecule has 31 heavy (non-hydrogen) atoms. The van der Waals surface area contributed by atoms with Gasteiger partial charge < -0.3 is 9.47 Å². The first-order valence-corrected chi connectivity index (χ1v) is 9.98. The zero-order valence-electron chi connectivity index (χ0n) is 17.6. The number of nitro groups is 1. The molecule has 0 aliphatic carbocycles. The number of hydrogen-bond donors (Lipinski definition) is 1. The molecule has 3 rings (SSSR count). The highest BCUT2D eigenvalue weighted by molar-refractivity contribution is 5.80. The van der Waals surface area contributed by atoms with Crippen LogP contribution in [0.5, 0.6) is 11.5 Å². The molecule has 3 aromatic carbocycles. The fraction of sp³-hybridized carbons (Fsp3) is 0.208. The Morgan fingerprint density at radius 2 is 1.68 bits per heavy atom. The molecule has 0 radical (unpaired) electrons. The average Bonchev–Trinajstić information content (AvgIpc) is 2.77. The van der Waals surface area contributed by atoms with Gasteiger partial charge in [-0.15, -0.1) is 0 Å². The van der Waals surface area contributed by atoms with E-state index >= 15 is 0 Å². The molecule has 0 aliphatic heterocycles. The summed E-state index contributed by atoms with van der Waals surface area (Å²) in [5, 5.41) is 14.8. The van der Waals surface area contributed by atoms with E-state index in [4.69, 9.17) is 9.47 Å². The summed E-state index contributed by atoms with van der Waals surface area (Å²) in [4.78, 5) is 10.2. The average molecular weight is 419 g/mol. The Balaban J connectivity index is 1.39. The second kappa shape index (κ2) is 10.8. The van der Waals surface area contributed by atoms with Gasteiger partial charge in [-0.2, -0.15) is 5.10 Å². The van der Waals surface area contributed by atoms with E-state index < -0.39 is 4.92 Å². The van der Waals surface area contributed by atoms with E-state index in [0.29, 0.717) is 18.9 Å². The van der Waals surface area contributed by atoms with E-state index in [1.54, 1.807) is 18.3 Å². The summed E-state index contributed by atoms with van der Waals surface area (Å²) >= 11 is 0. The fourth-order valence-electron chi connectivity index (χ4n) is 2.78. The van der Waals surface area contributed by atoms with Crippen LogP contribution in [0.4, 0.5) is 11.4 Å². The van der Waals surface area contributed by atoms with Crippen molar-refractivity contribution in [1.29, 1.82) is 0 Å². The molecule has 0 atom stereocenters. The third-order valence-electron chi connectivity index (χ3n) is 4.52. The third kappa shape index (κ3) is 6.85. The maximum atomic E-state index is 10.7. The molecule has 0 saturated carbocycles. The lowest BCUT2D eigenvalue weighted by Crippen LogP contribution is -2.05. The van der Waals surface area contributed by atoms with Gasteiger partial charge >= 0.3 is 0 Å². The molecule has 7 heteroatoms. The zero-order valence-corrected chi connectivity index (χ0v) is 17.6. The van der Waals surface area contributed by atoms with Gasteiger partial charge in [0.15, 0.2) is 0 Å². The summed E-state index contributed by atoms with van der Waals surface area (Å²) < 4.78 is 11.6. The molecule has 0 spiro atoms. The van der Waals surface area contributed by atoms with Gasteiger partial charge in [0, 0.05) is 18.6 Å². The minimum Gasteiger partial charge on any atom is -0.493 e. The van der Waals surface area contributed by atoms with Gasteiger partial charge in [-0.05, 0) is 73.0 Å². The quantitative estimate of drug-likeness (QED) is 0.203. The number of aryl methyl sites for hydroxylation is 2. The lowest BCUT2D eigenvalue weighted by Gasteiger charge is -2.10. The van der Waals surface area contributed by atoms with Crippen molar-refractivity contribution < 1.29 is 14.4 Å². The van der Waals surface area contributed by atoms with Crippen LogP contribution >= 0.6 is 0 Å². The molecule has 3 aromatic rings. The number of ether oxygens (including phenoxy) is 2. The van der Waals surface area contributed by atoms with Crippen molar-refractivity contribution in [3.05, 3.63) is 93.5 Å². The number of benzene rings is 3. The molecular formula is C24H25N3O4. The third-order valence-corrected chi connectivity index (χ3v) is 4.52. The van der Waals surface area contributed by atoms with Crippen LogP contribution in [-0.4, -0.2) is 24.4 Å². The maximum Gasteiger partial charge on any atom is 0.269 e. The Labute approximate surface area is 181 Å². The van der Waals surface area contributed by atoms with E-state index in [0.717, 1.165) is 29.0 Å². The summed E-state index contributed by atoms with van der Waals surface area (Å²) in [6.07, 6.45) is 2.46. The first-order chi connectivity index (χ1) is 15.0. The van der Waals surface area contributed by atoms with Gasteiger partial charge in [0.2, 0.25) is 0 Å². The van der Waals surface area contributed by atoms with Gasteiger partial charge in [0.1, 0.15) is 11.5 Å². The Hall–Kier alpha value is -3.87. The summed E-state index contributed by atoms with van der Waals surface area (Å²) in [5.41, 5.74) is 6.78. The van der Waals surface area contributed by atoms with Crippen molar-refractivity contribution in [1.82, 2.24) is 0 Å². The number of anilines is 1. The minimum atomic E-state index is -0.436. The van der Waals surface area contributed by atoms with Crippen molar-refractivity contribution in [2.75, 3.05) is 18.6 Å². The first kappa shape index (κ1) is 21.8. The summed E-state index contributed by atoms with van der Waals surface area (Å²) in [7, 11) is 0. The Morgan fingerprint density at radius 1 is 0.968 bits per heavy atom. The lowest BCUT2D eigenvalue weighted by atomic mass is 10.1. The van der Waals surface area contributed by atoms with Gasteiger partial charge in [-0.3, -0.25) is 15.5 Å². The Kier molecular flexibility index (Phi) is 7.59. The molecule has 0 amide bonds. The lowest BCUT2D eigenvalue weighted by molar-refractivity contribution is -0.384. The second-order valence-corrected chi connectivity index (χ2v) is 7.06. The molecule has 0 aromatic heterocycles. The first-order valence-electron chi connectivity index (χ1n) is 9.98. The highest BCUT2D eigenvalue weighted by Crippen LogP contribution is 2.19. The number of non-ortho nitro benzene ring substituents is 1. The topological polar surface area (TPSA) is 86.0 Å². The van der Waals surface area contributed by atoms with Crippen molar-refractivity contribution in [3.8, 4) is 11.5 Å². The minimum absolute atomic E-state index is 0.0435. The highest BCUT2D eigenvalue weighted by Gasteiger charge is 2.03. The molecule has 0 aliphatic rings. The van der Waals surface area contributed by atoms with Crippen molar-refractivity contribution >= 4 is 17.6 Å². The molecule has 0 unspecified atom stereocenters. The maximum absolute atomic E-state index is 10.7. The van der Waals surface area contributed by atoms with Crippen LogP contribution in [0.15, 0.2) is 71.8 Å². The largest absolute Gasteiger partial charge is 0.493 e. The molecule has 0 fully saturated rings. The van der Waals surface area contributed by atoms with E-state index in [1.807, 2.05) is 37.3 Å². The second-order valence-electron chi connectivity index (χ2n) is 7.06. The predicted octanol–water partition coefficient (Wildman–Crippen LogP) is 5.51. The van der Waals surface area contributed by atoms with E-state index in [2.05, 4.69) is 29.6 Å². The van der Waals surface area contributed by atoms with Gasteiger partial charge in [-0.1, -0.05) is 12.1 Å². The van der Waals surface area contributed by atoms with Gasteiger partial charge in [0.05, 0.1) is 30.0 Å². The van der Waals surface area contributed by atoms with E-state index in [-0.39, 0.29) is 5.69 Å². The monoisotopic (exact) mass is 419 g/mol. The summed E-state index contributed by atoms with van der Waals surface area (Å²) in [5.74, 6) is 1.71. The number of hydrazone groups is 1. The van der Waals surface area contributed by atoms with Crippen LogP contribution in [0.3, 0.4) is 0 Å². The summed E-state index contributed by atoms with van der Waals surface area (Å²) in [6, 6.07) is 19.8. The molecule has 0 heterocycles. The molecule has 0 bridgehead atoms. The summed E-state index contributed by atoms with van der Waals surface area (Å²) in [6.45, 7) is 5.26. The molecule has 1 N–H and O–H groups in total. The smallest absolute Gasteiger partial charge is 0.269 e. The van der Waals surface area contributed by atoms with Gasteiger partial charge in [0.25, 0.3) is 5.69 Å². The van der Waals surface area contributed by atoms with Crippen LogP contribution in [0.1, 0.15) is 23.1 Å². The Bertz CT molecular complexity index is 1030. The number of nitrogens with one attached hydrogen (secondary N) is 1. The fourth-order valence-corrected chi connectivity index (χ4v) is 2.78. The molecular weight excluding hydrogens is 394 g/mol. The molecule has 7 nitrogen and oxygen atoms in total. The van der Waals surface area contributed by atoms with E-state index in [9.17, 15) is 10.1 Å². The van der Waals surface area contributed by atoms with Crippen molar-refractivity contribution in [2.45, 2.75) is 20.3 Å². The molecule has 160 valence electrons. The SMILES string of the molecule is Cc1ccc(C)c(OCCCOc2ccc(/C=N\Nc3ccc([N+](=O)[O-])cc3)cc2)c1. The standard InChI is InChI=1S/C24H25N3O4/c1-18-4-5-19(2)24(16-18)31-15-3-14-30-23-12-6-20(7-13-23)17-25-26-21-8-10-22(11-9-21)27(28)29/h4-13,16-17,26H,3,14-15H2,1-2H3/b25-17-. The van der Waals surface area contributed by atoms with E-state index in [1.165, 1.54) is 17.7 Å². The zero-order chi connectivity index (χ0) is 22.1. The van der Waals surface area contributed by atoms with Gasteiger partial charge in [-0.25, -0.2) is 0 Å². The van der Waals surface area contributed by atoms with Crippen molar-refractivity contribution in [3.63, 3.8) is 0 Å². The van der Waals surface area contributed by atoms with Crippen molar-refractivity contribution in [2.24, 2.45) is 5.10 Å². The molecule has 0 saturated heterocycles. The van der Waals surface area contributed by atoms with Crippen LogP contribution in [0.2, 0.25) is 0 Å². The van der Waals surface area contributed by atoms with Crippen LogP contribution < -0.4 is 14.9 Å². The number of nitrogens with zero attached hydrogens (tertiary/aromatic N) is 2. The Morgan fingerprint density at radius 3 is 2.39 bits per heavy atom. The predicted molar refractivity (Wildman–Crippen MR) is 122 cm³/mol.